The maximum Gasteiger partial charge on any atom is 0.250 e. The first-order valence-corrected chi connectivity index (χ1v) is 6.91. The van der Waals surface area contributed by atoms with Crippen molar-refractivity contribution in [3.05, 3.63) is 0 Å². The molecule has 0 radical (unpaired) electrons. The first-order chi connectivity index (χ1) is 8.66. The summed E-state index contributed by atoms with van der Waals surface area (Å²) in [6.07, 6.45) is 4.11. The minimum atomic E-state index is -2.37. The summed E-state index contributed by atoms with van der Waals surface area (Å²) in [6, 6.07) is 0. The molecule has 0 aliphatic heterocycles. The Bertz CT molecular complexity index is 171. The van der Waals surface area contributed by atoms with Crippen molar-refractivity contribution in [2.24, 2.45) is 0 Å². The van der Waals surface area contributed by atoms with E-state index in [0.29, 0.717) is 6.61 Å². The molecule has 0 aromatic heterocycles. The van der Waals surface area contributed by atoms with Crippen molar-refractivity contribution >= 4 is 0 Å². The lowest BCUT2D eigenvalue weighted by Gasteiger charge is -2.12. The second kappa shape index (κ2) is 13.2. The van der Waals surface area contributed by atoms with Gasteiger partial charge in [-0.2, -0.15) is 0 Å². The van der Waals surface area contributed by atoms with E-state index in [2.05, 4.69) is 12.2 Å². The van der Waals surface area contributed by atoms with E-state index in [1.54, 1.807) is 0 Å². The number of alkyl halides is 2. The lowest BCUT2D eigenvalue weighted by Crippen LogP contribution is -2.33. The highest BCUT2D eigenvalue weighted by Gasteiger charge is 2.06. The number of aliphatic hydroxyl groups is 1. The summed E-state index contributed by atoms with van der Waals surface area (Å²) in [5, 5.41) is 11.9. The quantitative estimate of drug-likeness (QED) is 0.504. The minimum Gasteiger partial charge on any atom is -0.389 e. The zero-order valence-corrected chi connectivity index (χ0v) is 11.3. The Morgan fingerprint density at radius 2 is 1.72 bits per heavy atom. The van der Waals surface area contributed by atoms with Crippen molar-refractivity contribution in [1.29, 1.82) is 0 Å². The molecule has 0 aliphatic carbocycles. The maximum atomic E-state index is 11.8. The molecule has 18 heavy (non-hydrogen) atoms. The van der Waals surface area contributed by atoms with Crippen LogP contribution in [0, 0.1) is 0 Å². The second-order valence-electron chi connectivity index (χ2n) is 4.55. The van der Waals surface area contributed by atoms with Gasteiger partial charge >= 0.3 is 0 Å². The molecule has 0 heterocycles. The molecule has 2 N–H and O–H groups in total. The molecule has 0 bridgehead atoms. The number of halogens is 2. The third-order valence-electron chi connectivity index (χ3n) is 2.63. The van der Waals surface area contributed by atoms with Crippen molar-refractivity contribution in [1.82, 2.24) is 5.32 Å². The van der Waals surface area contributed by atoms with Gasteiger partial charge in [-0.25, -0.2) is 8.78 Å². The molecule has 0 rings (SSSR count). The van der Waals surface area contributed by atoms with Crippen LogP contribution in [-0.4, -0.2) is 43.9 Å². The largest absolute Gasteiger partial charge is 0.389 e. The Hall–Kier alpha value is -0.260. The zero-order chi connectivity index (χ0) is 13.6. The molecule has 0 aliphatic rings. The van der Waals surface area contributed by atoms with Gasteiger partial charge in [-0.3, -0.25) is 0 Å². The molecule has 1 atom stereocenters. The van der Waals surface area contributed by atoms with Gasteiger partial charge in [0.05, 0.1) is 19.3 Å². The highest BCUT2D eigenvalue weighted by atomic mass is 19.3. The highest BCUT2D eigenvalue weighted by Crippen LogP contribution is 2.04. The van der Waals surface area contributed by atoms with E-state index in [0.717, 1.165) is 12.8 Å². The fourth-order valence-corrected chi connectivity index (χ4v) is 1.62. The van der Waals surface area contributed by atoms with Crippen LogP contribution in [0.5, 0.6) is 0 Å². The molecular formula is C13H27F2NO2. The number of nitrogens with one attached hydrogen (secondary N) is 1. The molecule has 0 aromatic carbocycles. The Kier molecular flexibility index (Phi) is 13.0. The van der Waals surface area contributed by atoms with Gasteiger partial charge in [0.25, 0.3) is 6.43 Å². The van der Waals surface area contributed by atoms with Gasteiger partial charge < -0.3 is 15.2 Å². The van der Waals surface area contributed by atoms with Gasteiger partial charge in [0.2, 0.25) is 0 Å². The fraction of sp³-hybridized carbons (Fsp3) is 1.00. The predicted molar refractivity (Wildman–Crippen MR) is 69.1 cm³/mol. The number of hydrogen-bond acceptors (Lipinski definition) is 3. The molecule has 0 aromatic rings. The topological polar surface area (TPSA) is 41.5 Å². The standard InChI is InChI=1S/C13H27F2NO2/c1-2-3-4-5-6-7-8-18-11-12(17)9-16-10-13(14)15/h12-13,16-17H,2-11H2,1H3. The summed E-state index contributed by atoms with van der Waals surface area (Å²) >= 11 is 0. The SMILES string of the molecule is CCCCCCCCOCC(O)CNCC(F)F. The lowest BCUT2D eigenvalue weighted by atomic mass is 10.1. The van der Waals surface area contributed by atoms with Crippen LogP contribution in [0.3, 0.4) is 0 Å². The minimum absolute atomic E-state index is 0.154. The molecular weight excluding hydrogens is 240 g/mol. The van der Waals surface area contributed by atoms with Crippen molar-refractivity contribution < 1.29 is 18.6 Å². The van der Waals surface area contributed by atoms with Gasteiger partial charge in [-0.05, 0) is 6.42 Å². The van der Waals surface area contributed by atoms with Crippen molar-refractivity contribution in [3.63, 3.8) is 0 Å². The summed E-state index contributed by atoms with van der Waals surface area (Å²) in [5.41, 5.74) is 0. The summed E-state index contributed by atoms with van der Waals surface area (Å²) < 4.78 is 28.9. The summed E-state index contributed by atoms with van der Waals surface area (Å²) in [6.45, 7) is 2.81. The molecule has 110 valence electrons. The average molecular weight is 267 g/mol. The third-order valence-corrected chi connectivity index (χ3v) is 2.63. The van der Waals surface area contributed by atoms with E-state index < -0.39 is 12.5 Å². The van der Waals surface area contributed by atoms with E-state index in [1.165, 1.54) is 25.7 Å². The van der Waals surface area contributed by atoms with Gasteiger partial charge in [0, 0.05) is 13.2 Å². The average Bonchev–Trinajstić information content (AvgIpc) is 2.32. The highest BCUT2D eigenvalue weighted by molar-refractivity contribution is 4.59. The Balaban J connectivity index is 3.12. The van der Waals surface area contributed by atoms with Gasteiger partial charge in [0.15, 0.2) is 0 Å². The Labute approximate surface area is 109 Å². The van der Waals surface area contributed by atoms with Crippen LogP contribution in [0.4, 0.5) is 8.78 Å². The predicted octanol–water partition coefficient (Wildman–Crippen LogP) is 2.58. The monoisotopic (exact) mass is 267 g/mol. The molecule has 5 heteroatoms. The van der Waals surface area contributed by atoms with Crippen LogP contribution in [0.2, 0.25) is 0 Å². The lowest BCUT2D eigenvalue weighted by molar-refractivity contribution is 0.0329. The molecule has 0 amide bonds. The molecule has 0 saturated carbocycles. The molecule has 1 unspecified atom stereocenters. The number of rotatable bonds is 13. The second-order valence-corrected chi connectivity index (χ2v) is 4.55. The van der Waals surface area contributed by atoms with Crippen LogP contribution < -0.4 is 5.32 Å². The van der Waals surface area contributed by atoms with E-state index in [9.17, 15) is 13.9 Å². The normalized spacial score (nSPS) is 13.2. The summed E-state index contributed by atoms with van der Waals surface area (Å²) in [5.74, 6) is 0. The Morgan fingerprint density at radius 3 is 2.39 bits per heavy atom. The molecule has 3 nitrogen and oxygen atoms in total. The number of hydrogen-bond donors (Lipinski definition) is 2. The first kappa shape index (κ1) is 17.7. The smallest absolute Gasteiger partial charge is 0.250 e. The molecule has 0 saturated heterocycles. The molecule has 0 spiro atoms. The van der Waals surface area contributed by atoms with Gasteiger partial charge in [-0.15, -0.1) is 0 Å². The van der Waals surface area contributed by atoms with Crippen LogP contribution >= 0.6 is 0 Å². The van der Waals surface area contributed by atoms with Crippen molar-refractivity contribution in [3.8, 4) is 0 Å². The molecule has 0 fully saturated rings. The summed E-state index contributed by atoms with van der Waals surface area (Å²) in [7, 11) is 0. The number of aliphatic hydroxyl groups excluding tert-OH is 1. The van der Waals surface area contributed by atoms with Crippen LogP contribution in [0.1, 0.15) is 45.4 Å². The van der Waals surface area contributed by atoms with Gasteiger partial charge in [-0.1, -0.05) is 39.0 Å². The van der Waals surface area contributed by atoms with Crippen LogP contribution in [0.25, 0.3) is 0 Å². The number of unbranched alkanes of at least 4 members (excludes halogenated alkanes) is 5. The van der Waals surface area contributed by atoms with Crippen molar-refractivity contribution in [2.45, 2.75) is 58.0 Å². The Morgan fingerprint density at radius 1 is 1.06 bits per heavy atom. The van der Waals surface area contributed by atoms with E-state index >= 15 is 0 Å². The van der Waals surface area contributed by atoms with E-state index in [4.69, 9.17) is 4.74 Å². The van der Waals surface area contributed by atoms with Gasteiger partial charge in [0.1, 0.15) is 0 Å². The fourth-order valence-electron chi connectivity index (χ4n) is 1.62. The van der Waals surface area contributed by atoms with Crippen molar-refractivity contribution in [2.75, 3.05) is 26.3 Å². The maximum absolute atomic E-state index is 11.8. The summed E-state index contributed by atoms with van der Waals surface area (Å²) in [4.78, 5) is 0. The van der Waals surface area contributed by atoms with E-state index in [-0.39, 0.29) is 19.7 Å². The van der Waals surface area contributed by atoms with E-state index in [1.807, 2.05) is 0 Å². The number of ether oxygens (including phenoxy) is 1. The third kappa shape index (κ3) is 13.8. The zero-order valence-electron chi connectivity index (χ0n) is 11.3. The first-order valence-electron chi connectivity index (χ1n) is 6.91. The van der Waals surface area contributed by atoms with Crippen LogP contribution in [0.15, 0.2) is 0 Å². The van der Waals surface area contributed by atoms with Crippen LogP contribution in [-0.2, 0) is 4.74 Å².